The van der Waals surface area contributed by atoms with Crippen LogP contribution in [0.4, 0.5) is 0 Å². The van der Waals surface area contributed by atoms with Crippen molar-refractivity contribution in [2.75, 3.05) is 33.0 Å². The summed E-state index contributed by atoms with van der Waals surface area (Å²) in [6.07, 6.45) is 43.8. The number of aliphatic hydroxyl groups is 7. The molecule has 2 heterocycles. The Balaban J connectivity index is 1.72. The third kappa shape index (κ3) is 34.1. The first-order valence-electron chi connectivity index (χ1n) is 29.5. The zero-order chi connectivity index (χ0) is 54.4. The van der Waals surface area contributed by atoms with E-state index >= 15 is 0 Å². The molecule has 14 nitrogen and oxygen atoms in total. The fourth-order valence-corrected chi connectivity index (χ4v) is 8.95. The SMILES string of the molecule is CC/C=C\C/C=C\C/C=C\C/C=C\CCCCCCCCCCC(=O)OC(COCCCCCCCCCCCC/C=C\C/C=C\CCCCC)COC1OC(COC2OC(CO)C(O)C(O)C2O)C(O)C(O)C1O. The molecule has 11 unspecified atom stereocenters. The maximum absolute atomic E-state index is 13.1. The first kappa shape index (κ1) is 68.5. The van der Waals surface area contributed by atoms with Crippen molar-refractivity contribution < 1.29 is 69.0 Å². The van der Waals surface area contributed by atoms with Crippen LogP contribution in [0, 0.1) is 0 Å². The fourth-order valence-electron chi connectivity index (χ4n) is 8.95. The van der Waals surface area contributed by atoms with Gasteiger partial charge in [-0.1, -0.05) is 189 Å². The summed E-state index contributed by atoms with van der Waals surface area (Å²) >= 11 is 0. The quantitative estimate of drug-likeness (QED) is 0.0172. The summed E-state index contributed by atoms with van der Waals surface area (Å²) in [4.78, 5) is 13.1. The van der Waals surface area contributed by atoms with E-state index < -0.39 is 80.7 Å². The molecule has 7 N–H and O–H groups in total. The molecule has 0 radical (unpaired) electrons. The minimum absolute atomic E-state index is 0.0532. The number of hydrogen-bond donors (Lipinski definition) is 7. The smallest absolute Gasteiger partial charge is 0.306 e. The number of rotatable bonds is 47. The average molecular weight is 1060 g/mol. The molecule has 434 valence electrons. The van der Waals surface area contributed by atoms with Gasteiger partial charge in [0.1, 0.15) is 54.9 Å². The number of aliphatic hydroxyl groups excluding tert-OH is 7. The number of allylic oxidation sites excluding steroid dienone is 12. The van der Waals surface area contributed by atoms with E-state index in [1.165, 1.54) is 103 Å². The van der Waals surface area contributed by atoms with Gasteiger partial charge in [0.25, 0.3) is 0 Å². The fraction of sp³-hybridized carbons (Fsp3) is 0.787. The van der Waals surface area contributed by atoms with Crippen molar-refractivity contribution in [2.45, 2.75) is 274 Å². The van der Waals surface area contributed by atoms with Crippen molar-refractivity contribution in [1.29, 1.82) is 0 Å². The maximum atomic E-state index is 13.1. The van der Waals surface area contributed by atoms with Crippen LogP contribution in [-0.4, -0.2) is 142 Å². The number of unbranched alkanes of at least 4 members (excludes halogenated alkanes) is 21. The van der Waals surface area contributed by atoms with Crippen molar-refractivity contribution in [2.24, 2.45) is 0 Å². The second-order valence-electron chi connectivity index (χ2n) is 20.4. The summed E-state index contributed by atoms with van der Waals surface area (Å²) in [7, 11) is 0. The minimum Gasteiger partial charge on any atom is -0.457 e. The topological polar surface area (TPSA) is 214 Å². The highest BCUT2D eigenvalue weighted by Gasteiger charge is 2.47. The van der Waals surface area contributed by atoms with E-state index in [2.05, 4.69) is 86.8 Å². The molecule has 0 bridgehead atoms. The van der Waals surface area contributed by atoms with Gasteiger partial charge in [0, 0.05) is 13.0 Å². The molecule has 0 saturated carbocycles. The molecule has 14 heteroatoms. The van der Waals surface area contributed by atoms with Crippen molar-refractivity contribution in [1.82, 2.24) is 0 Å². The molecule has 2 aliphatic heterocycles. The summed E-state index contributed by atoms with van der Waals surface area (Å²) in [6, 6.07) is 0. The highest BCUT2D eigenvalue weighted by Crippen LogP contribution is 2.26. The van der Waals surface area contributed by atoms with Crippen LogP contribution in [0.2, 0.25) is 0 Å². The third-order valence-corrected chi connectivity index (χ3v) is 13.7. The molecule has 0 spiro atoms. The van der Waals surface area contributed by atoms with Gasteiger partial charge in [-0.05, 0) is 83.5 Å². The molecular weight excluding hydrogens is 957 g/mol. The Morgan fingerprint density at radius 2 is 0.867 bits per heavy atom. The van der Waals surface area contributed by atoms with Crippen molar-refractivity contribution in [3.63, 3.8) is 0 Å². The summed E-state index contributed by atoms with van der Waals surface area (Å²) in [5.41, 5.74) is 0. The molecule has 0 aromatic carbocycles. The van der Waals surface area contributed by atoms with Crippen LogP contribution in [0.5, 0.6) is 0 Å². The Labute approximate surface area is 453 Å². The van der Waals surface area contributed by atoms with Crippen LogP contribution in [0.15, 0.2) is 72.9 Å². The van der Waals surface area contributed by atoms with E-state index in [0.29, 0.717) is 13.0 Å². The van der Waals surface area contributed by atoms with E-state index in [-0.39, 0.29) is 25.6 Å². The molecule has 0 aromatic rings. The predicted molar refractivity (Wildman–Crippen MR) is 298 cm³/mol. The molecule has 11 atom stereocenters. The number of carbonyl (C=O) groups is 1. The lowest BCUT2D eigenvalue weighted by Crippen LogP contribution is -2.61. The molecular formula is C61H106O14. The van der Waals surface area contributed by atoms with Crippen molar-refractivity contribution in [3.05, 3.63) is 72.9 Å². The van der Waals surface area contributed by atoms with Crippen LogP contribution in [-0.2, 0) is 33.2 Å². The van der Waals surface area contributed by atoms with Gasteiger partial charge in [-0.15, -0.1) is 0 Å². The normalized spacial score (nSPS) is 25.1. The van der Waals surface area contributed by atoms with Crippen LogP contribution in [0.3, 0.4) is 0 Å². The van der Waals surface area contributed by atoms with Gasteiger partial charge in [0.05, 0.1) is 26.4 Å². The van der Waals surface area contributed by atoms with Crippen LogP contribution in [0.25, 0.3) is 0 Å². The Morgan fingerprint density at radius 3 is 1.36 bits per heavy atom. The average Bonchev–Trinajstić information content (AvgIpc) is 3.41. The summed E-state index contributed by atoms with van der Waals surface area (Å²) < 4.78 is 34.4. The van der Waals surface area contributed by atoms with Gasteiger partial charge >= 0.3 is 5.97 Å². The van der Waals surface area contributed by atoms with Gasteiger partial charge in [-0.2, -0.15) is 0 Å². The molecule has 2 saturated heterocycles. The number of ether oxygens (including phenoxy) is 6. The first-order chi connectivity index (χ1) is 36.6. The molecule has 0 aromatic heterocycles. The van der Waals surface area contributed by atoms with Gasteiger partial charge in [0.15, 0.2) is 12.6 Å². The first-order valence-corrected chi connectivity index (χ1v) is 29.5. The van der Waals surface area contributed by atoms with E-state index in [4.69, 9.17) is 28.4 Å². The van der Waals surface area contributed by atoms with Crippen LogP contribution >= 0.6 is 0 Å². The molecule has 0 amide bonds. The van der Waals surface area contributed by atoms with Crippen molar-refractivity contribution in [3.8, 4) is 0 Å². The van der Waals surface area contributed by atoms with Crippen LogP contribution < -0.4 is 0 Å². The summed E-state index contributed by atoms with van der Waals surface area (Å²) in [5, 5.41) is 72.4. The summed E-state index contributed by atoms with van der Waals surface area (Å²) in [6.45, 7) is 3.54. The monoisotopic (exact) mass is 1060 g/mol. The third-order valence-electron chi connectivity index (χ3n) is 13.7. The van der Waals surface area contributed by atoms with E-state index in [0.717, 1.165) is 77.0 Å². The molecule has 2 fully saturated rings. The Bertz CT molecular complexity index is 1510. The predicted octanol–water partition coefficient (Wildman–Crippen LogP) is 10.6. The largest absolute Gasteiger partial charge is 0.457 e. The number of esters is 1. The Morgan fingerprint density at radius 1 is 0.453 bits per heavy atom. The number of carbonyl (C=O) groups excluding carboxylic acids is 1. The van der Waals surface area contributed by atoms with E-state index in [1.54, 1.807) is 0 Å². The van der Waals surface area contributed by atoms with Gasteiger partial charge in [-0.3, -0.25) is 4.79 Å². The molecule has 2 aliphatic rings. The lowest BCUT2D eigenvalue weighted by atomic mass is 9.98. The van der Waals surface area contributed by atoms with Gasteiger partial charge in [-0.25, -0.2) is 0 Å². The van der Waals surface area contributed by atoms with E-state index in [9.17, 15) is 40.5 Å². The minimum atomic E-state index is -1.71. The standard InChI is InChI=1S/C61H106O14/c1-3-5-7-9-11-13-15-17-19-21-23-25-26-28-30-32-34-36-38-40-42-44-53(63)73-50(47-70-45-43-41-39-37-35-33-31-29-27-24-22-20-18-16-14-12-10-8-6-4-2)48-71-60-59(69)57(67)55(65)52(75-60)49-72-61-58(68)56(66)54(64)51(46-62)74-61/h5,7,11-14,17-20,23,25,50-52,54-62,64-69H,3-4,6,8-10,15-16,21-22,24,26-49H2,1-2H3/b7-5-,13-11-,14-12-,19-17-,20-18-,25-23-. The Kier molecular flexibility index (Phi) is 43.3. The Hall–Kier alpha value is -2.57. The second-order valence-corrected chi connectivity index (χ2v) is 20.4. The lowest BCUT2D eigenvalue weighted by molar-refractivity contribution is -0.332. The van der Waals surface area contributed by atoms with Crippen LogP contribution in [0.1, 0.15) is 206 Å². The lowest BCUT2D eigenvalue weighted by Gasteiger charge is -2.42. The highest BCUT2D eigenvalue weighted by molar-refractivity contribution is 5.69. The van der Waals surface area contributed by atoms with E-state index in [1.807, 2.05) is 0 Å². The highest BCUT2D eigenvalue weighted by atomic mass is 16.7. The molecule has 0 aliphatic carbocycles. The summed E-state index contributed by atoms with van der Waals surface area (Å²) in [5.74, 6) is -0.386. The zero-order valence-electron chi connectivity index (χ0n) is 46.5. The molecule has 75 heavy (non-hydrogen) atoms. The zero-order valence-corrected chi connectivity index (χ0v) is 46.5. The van der Waals surface area contributed by atoms with Gasteiger partial charge < -0.3 is 64.2 Å². The molecule has 2 rings (SSSR count). The van der Waals surface area contributed by atoms with Gasteiger partial charge in [0.2, 0.25) is 0 Å². The van der Waals surface area contributed by atoms with Crippen molar-refractivity contribution >= 4 is 5.97 Å². The number of hydrogen-bond acceptors (Lipinski definition) is 14. The second kappa shape index (κ2) is 47.4. The maximum Gasteiger partial charge on any atom is 0.306 e.